The van der Waals surface area contributed by atoms with Gasteiger partial charge in [0.15, 0.2) is 0 Å². The molecule has 0 saturated heterocycles. The maximum absolute atomic E-state index is 13.7. The number of aromatic amines is 1. The summed E-state index contributed by atoms with van der Waals surface area (Å²) < 4.78 is 13.7. The summed E-state index contributed by atoms with van der Waals surface area (Å²) >= 11 is 0. The number of rotatable bonds is 5. The average molecular weight is 388 g/mol. The third-order valence-corrected chi connectivity index (χ3v) is 4.56. The highest BCUT2D eigenvalue weighted by atomic mass is 19.1. The maximum Gasteiger partial charge on any atom is 0.200 e. The number of hydrogen-bond donors (Lipinski definition) is 3. The number of benzene rings is 3. The number of hydrogen-bond acceptors (Lipinski definition) is 4. The fourth-order valence-electron chi connectivity index (χ4n) is 3.13. The van der Waals surface area contributed by atoms with E-state index in [0.29, 0.717) is 22.2 Å². The van der Waals surface area contributed by atoms with E-state index in [9.17, 15) is 19.4 Å². The van der Waals surface area contributed by atoms with Crippen LogP contribution in [0, 0.1) is 5.82 Å². The molecule has 29 heavy (non-hydrogen) atoms. The molecule has 1 heterocycles. The first-order valence-electron chi connectivity index (χ1n) is 8.95. The molecule has 5 nitrogen and oxygen atoms in total. The largest absolute Gasteiger partial charge is 0.506 e. The van der Waals surface area contributed by atoms with E-state index >= 15 is 0 Å². The molecular weight excluding hydrogens is 371 g/mol. The number of carbonyl (C=O) groups is 1. The number of Topliss-reactive ketones (excluding diaryl/α,β-unsaturated/α-hetero) is 1. The Labute approximate surface area is 165 Å². The number of nitrogens with zero attached hydrogens (tertiary/aromatic N) is 1. The van der Waals surface area contributed by atoms with Crippen molar-refractivity contribution in [2.45, 2.75) is 6.61 Å². The number of allylic oxidation sites excluding steroid dienone is 1. The van der Waals surface area contributed by atoms with E-state index in [2.05, 4.69) is 9.97 Å². The summed E-state index contributed by atoms with van der Waals surface area (Å²) in [7, 11) is 0. The van der Waals surface area contributed by atoms with E-state index in [1.807, 2.05) is 12.1 Å². The zero-order valence-corrected chi connectivity index (χ0v) is 15.3. The Morgan fingerprint density at radius 2 is 1.72 bits per heavy atom. The SMILES string of the molecule is O=C(C(=C(O)c1cccc(CO)c1)c1nc2ccccc2[nH]1)c1cccc(F)c1. The molecule has 0 fully saturated rings. The van der Waals surface area contributed by atoms with Gasteiger partial charge >= 0.3 is 0 Å². The molecule has 4 rings (SSSR count). The smallest absolute Gasteiger partial charge is 0.200 e. The van der Waals surface area contributed by atoms with Crippen LogP contribution < -0.4 is 0 Å². The second-order valence-corrected chi connectivity index (χ2v) is 6.52. The summed E-state index contributed by atoms with van der Waals surface area (Å²) in [6.07, 6.45) is 0. The highest BCUT2D eigenvalue weighted by Gasteiger charge is 2.24. The summed E-state index contributed by atoms with van der Waals surface area (Å²) in [5.41, 5.74) is 2.26. The molecule has 0 aliphatic carbocycles. The molecule has 3 N–H and O–H groups in total. The quantitative estimate of drug-likeness (QED) is 0.267. The third kappa shape index (κ3) is 3.66. The van der Waals surface area contributed by atoms with Gasteiger partial charge in [0, 0.05) is 11.1 Å². The van der Waals surface area contributed by atoms with Gasteiger partial charge in [-0.05, 0) is 35.9 Å². The van der Waals surface area contributed by atoms with E-state index in [-0.39, 0.29) is 29.3 Å². The lowest BCUT2D eigenvalue weighted by Crippen LogP contribution is -2.08. The van der Waals surface area contributed by atoms with Gasteiger partial charge in [-0.2, -0.15) is 0 Å². The van der Waals surface area contributed by atoms with E-state index in [4.69, 9.17) is 0 Å². The van der Waals surface area contributed by atoms with E-state index in [0.717, 1.165) is 6.07 Å². The first-order valence-corrected chi connectivity index (χ1v) is 8.95. The number of fused-ring (bicyclic) bond motifs is 1. The Balaban J connectivity index is 1.94. The van der Waals surface area contributed by atoms with Gasteiger partial charge in [0.2, 0.25) is 5.78 Å². The first-order chi connectivity index (χ1) is 14.1. The Morgan fingerprint density at radius 1 is 0.966 bits per heavy atom. The van der Waals surface area contributed by atoms with Crippen molar-refractivity contribution in [1.82, 2.24) is 9.97 Å². The fraction of sp³-hybridized carbons (Fsp3) is 0.0435. The Kier molecular flexibility index (Phi) is 4.93. The Morgan fingerprint density at radius 3 is 2.48 bits per heavy atom. The van der Waals surface area contributed by atoms with Gasteiger partial charge in [-0.25, -0.2) is 9.37 Å². The molecule has 4 aromatic rings. The van der Waals surface area contributed by atoms with Crippen LogP contribution in [0.5, 0.6) is 0 Å². The van der Waals surface area contributed by atoms with Crippen LogP contribution in [-0.2, 0) is 6.61 Å². The molecule has 0 amide bonds. The molecule has 0 radical (unpaired) electrons. The number of para-hydroxylation sites is 2. The van der Waals surface area contributed by atoms with E-state index in [1.165, 1.54) is 18.2 Å². The lowest BCUT2D eigenvalue weighted by Gasteiger charge is -2.10. The molecule has 0 saturated carbocycles. The monoisotopic (exact) mass is 388 g/mol. The summed E-state index contributed by atoms with van der Waals surface area (Å²) in [6, 6.07) is 19.1. The van der Waals surface area contributed by atoms with Crippen LogP contribution in [0.3, 0.4) is 0 Å². The lowest BCUT2D eigenvalue weighted by molar-refractivity contribution is 0.105. The number of carbonyl (C=O) groups excluding carboxylic acids is 1. The fourth-order valence-corrected chi connectivity index (χ4v) is 3.13. The molecule has 144 valence electrons. The van der Waals surface area contributed by atoms with Gasteiger partial charge in [0.05, 0.1) is 17.6 Å². The van der Waals surface area contributed by atoms with Gasteiger partial charge in [0.25, 0.3) is 0 Å². The standard InChI is InChI=1S/C23H17FN2O3/c24-17-8-4-7-16(12-17)22(29)20(21(28)15-6-3-5-14(11-15)13-27)23-25-18-9-1-2-10-19(18)26-23/h1-12,27-28H,13H2,(H,25,26). The van der Waals surface area contributed by atoms with Crippen LogP contribution >= 0.6 is 0 Å². The van der Waals surface area contributed by atoms with Crippen LogP contribution in [0.2, 0.25) is 0 Å². The highest BCUT2D eigenvalue weighted by molar-refractivity contribution is 6.33. The van der Waals surface area contributed by atoms with Gasteiger partial charge in [-0.15, -0.1) is 0 Å². The number of aliphatic hydroxyl groups is 2. The normalized spacial score (nSPS) is 12.1. The first kappa shape index (κ1) is 18.6. The number of halogens is 1. The molecule has 0 atom stereocenters. The van der Waals surface area contributed by atoms with Gasteiger partial charge < -0.3 is 15.2 Å². The van der Waals surface area contributed by atoms with Gasteiger partial charge in [-0.1, -0.05) is 42.5 Å². The molecule has 0 aliphatic heterocycles. The maximum atomic E-state index is 13.7. The molecule has 0 bridgehead atoms. The molecule has 1 aromatic heterocycles. The molecule has 3 aromatic carbocycles. The Bertz CT molecular complexity index is 1210. The highest BCUT2D eigenvalue weighted by Crippen LogP contribution is 2.28. The third-order valence-electron chi connectivity index (χ3n) is 4.56. The second-order valence-electron chi connectivity index (χ2n) is 6.52. The molecule has 0 aliphatic rings. The van der Waals surface area contributed by atoms with Crippen LogP contribution in [0.4, 0.5) is 4.39 Å². The zero-order valence-electron chi connectivity index (χ0n) is 15.3. The van der Waals surface area contributed by atoms with Crippen molar-refractivity contribution in [3.63, 3.8) is 0 Å². The van der Waals surface area contributed by atoms with E-state index < -0.39 is 11.6 Å². The predicted octanol–water partition coefficient (Wildman–Crippen LogP) is 4.50. The molecule has 6 heteroatoms. The van der Waals surface area contributed by atoms with Gasteiger partial charge in [0.1, 0.15) is 23.0 Å². The number of nitrogens with one attached hydrogen (secondary N) is 1. The summed E-state index contributed by atoms with van der Waals surface area (Å²) in [4.78, 5) is 20.7. The minimum Gasteiger partial charge on any atom is -0.506 e. The van der Waals surface area contributed by atoms with Crippen molar-refractivity contribution >= 4 is 28.1 Å². The minimum absolute atomic E-state index is 0.0816. The number of aliphatic hydroxyl groups excluding tert-OH is 2. The van der Waals surface area contributed by atoms with Crippen LogP contribution in [0.25, 0.3) is 22.4 Å². The molecular formula is C23H17FN2O3. The van der Waals surface area contributed by atoms with Crippen LogP contribution in [0.1, 0.15) is 27.3 Å². The van der Waals surface area contributed by atoms with Crippen LogP contribution in [-0.4, -0.2) is 26.0 Å². The van der Waals surface area contributed by atoms with E-state index in [1.54, 1.807) is 36.4 Å². The lowest BCUT2D eigenvalue weighted by atomic mass is 9.98. The zero-order chi connectivity index (χ0) is 20.4. The van der Waals surface area contributed by atoms with Crippen LogP contribution in [0.15, 0.2) is 72.8 Å². The minimum atomic E-state index is -0.574. The van der Waals surface area contributed by atoms with Crippen molar-refractivity contribution in [1.29, 1.82) is 0 Å². The number of imidazole rings is 1. The number of ketones is 1. The van der Waals surface area contributed by atoms with Crippen molar-refractivity contribution in [2.24, 2.45) is 0 Å². The van der Waals surface area contributed by atoms with Gasteiger partial charge in [-0.3, -0.25) is 4.79 Å². The average Bonchev–Trinajstić information content (AvgIpc) is 3.17. The van der Waals surface area contributed by atoms with Crippen molar-refractivity contribution in [3.8, 4) is 0 Å². The van der Waals surface area contributed by atoms with Crippen molar-refractivity contribution in [2.75, 3.05) is 0 Å². The summed E-state index contributed by atoms with van der Waals surface area (Å²) in [5, 5.41) is 20.4. The molecule has 0 spiro atoms. The topological polar surface area (TPSA) is 86.2 Å². The summed E-state index contributed by atoms with van der Waals surface area (Å²) in [6.45, 7) is -0.209. The predicted molar refractivity (Wildman–Crippen MR) is 109 cm³/mol. The van der Waals surface area contributed by atoms with Crippen molar-refractivity contribution in [3.05, 3.63) is 101 Å². The number of H-pyrrole nitrogens is 1. The molecule has 0 unspecified atom stereocenters. The Hall–Kier alpha value is -3.77. The summed E-state index contributed by atoms with van der Waals surface area (Å²) in [5.74, 6) is -1.27. The van der Waals surface area contributed by atoms with Crippen molar-refractivity contribution < 1.29 is 19.4 Å². The number of aromatic nitrogens is 2. The second kappa shape index (κ2) is 7.69.